The molecule has 2 aliphatic rings. The number of carbonyl (C=O) groups excluding carboxylic acids is 1. The van der Waals surface area contributed by atoms with Gasteiger partial charge in [-0.05, 0) is 38.0 Å². The predicted octanol–water partition coefficient (Wildman–Crippen LogP) is 3.35. The number of hydrogen-bond acceptors (Lipinski definition) is 3. The highest BCUT2D eigenvalue weighted by Crippen LogP contribution is 2.30. The van der Waals surface area contributed by atoms with Crippen molar-refractivity contribution in [3.8, 4) is 0 Å². The highest BCUT2D eigenvalue weighted by Gasteiger charge is 2.31. The molecule has 5 nitrogen and oxygen atoms in total. The third-order valence-electron chi connectivity index (χ3n) is 6.16. The molecule has 0 radical (unpaired) electrons. The van der Waals surface area contributed by atoms with E-state index < -0.39 is 0 Å². The molecule has 5 heteroatoms. The smallest absolute Gasteiger partial charge is 0.271 e. The van der Waals surface area contributed by atoms with Gasteiger partial charge in [0.25, 0.3) is 5.91 Å². The standard InChI is InChI=1S/C22H34N4O/c1-4-13-25(14-5-2)18-11-12-20-19(15-18)21(22(27)23-3)24-26(20)16-17-9-7-6-8-10-17/h4-5,17-18H,1-2,6-16H2,3H3,(H,23,27). The van der Waals surface area contributed by atoms with Crippen molar-refractivity contribution in [2.45, 2.75) is 64.0 Å². The lowest BCUT2D eigenvalue weighted by molar-refractivity contribution is 0.0955. The Labute approximate surface area is 163 Å². The molecule has 148 valence electrons. The highest BCUT2D eigenvalue weighted by atomic mass is 16.1. The average molecular weight is 371 g/mol. The highest BCUT2D eigenvalue weighted by molar-refractivity contribution is 5.93. The molecule has 1 unspecified atom stereocenters. The minimum atomic E-state index is -0.0618. The summed E-state index contributed by atoms with van der Waals surface area (Å²) in [4.78, 5) is 14.9. The second-order valence-corrected chi connectivity index (χ2v) is 7.97. The van der Waals surface area contributed by atoms with E-state index in [-0.39, 0.29) is 5.91 Å². The van der Waals surface area contributed by atoms with Crippen LogP contribution in [-0.4, -0.2) is 46.8 Å². The molecule has 0 aliphatic heterocycles. The molecular formula is C22H34N4O. The minimum Gasteiger partial charge on any atom is -0.354 e. The number of rotatable bonds is 8. The van der Waals surface area contributed by atoms with Crippen molar-refractivity contribution in [2.75, 3.05) is 20.1 Å². The van der Waals surface area contributed by atoms with E-state index in [1.54, 1.807) is 7.05 Å². The van der Waals surface area contributed by atoms with Crippen molar-refractivity contribution in [3.05, 3.63) is 42.3 Å². The van der Waals surface area contributed by atoms with Gasteiger partial charge in [-0.3, -0.25) is 14.4 Å². The topological polar surface area (TPSA) is 50.2 Å². The number of aromatic nitrogens is 2. The lowest BCUT2D eigenvalue weighted by atomic mass is 9.88. The fourth-order valence-corrected chi connectivity index (χ4v) is 4.75. The summed E-state index contributed by atoms with van der Waals surface area (Å²) in [7, 11) is 1.69. The van der Waals surface area contributed by atoms with E-state index in [0.29, 0.717) is 17.7 Å². The molecule has 2 aliphatic carbocycles. The summed E-state index contributed by atoms with van der Waals surface area (Å²) in [5, 5.41) is 7.57. The van der Waals surface area contributed by atoms with Crippen LogP contribution in [0.4, 0.5) is 0 Å². The molecule has 1 saturated carbocycles. The van der Waals surface area contributed by atoms with Crippen molar-refractivity contribution in [3.63, 3.8) is 0 Å². The summed E-state index contributed by atoms with van der Waals surface area (Å²) in [5.41, 5.74) is 3.07. The van der Waals surface area contributed by atoms with Gasteiger partial charge < -0.3 is 5.32 Å². The Kier molecular flexibility index (Phi) is 6.89. The fourth-order valence-electron chi connectivity index (χ4n) is 4.75. The molecule has 1 amide bonds. The summed E-state index contributed by atoms with van der Waals surface area (Å²) >= 11 is 0. The maximum Gasteiger partial charge on any atom is 0.271 e. The molecule has 1 heterocycles. The number of nitrogens with zero attached hydrogens (tertiary/aromatic N) is 3. The first-order chi connectivity index (χ1) is 13.2. The Hall–Kier alpha value is -1.88. The summed E-state index contributed by atoms with van der Waals surface area (Å²) in [5.74, 6) is 0.643. The van der Waals surface area contributed by atoms with Crippen LogP contribution in [0, 0.1) is 5.92 Å². The van der Waals surface area contributed by atoms with Crippen molar-refractivity contribution >= 4 is 5.91 Å². The quantitative estimate of drug-likeness (QED) is 0.714. The molecule has 1 aromatic heterocycles. The summed E-state index contributed by atoms with van der Waals surface area (Å²) in [6.45, 7) is 10.4. The SMILES string of the molecule is C=CCN(CC=C)C1CCc2c(c(C(=O)NC)nn2CC2CCCCC2)C1. The summed E-state index contributed by atoms with van der Waals surface area (Å²) < 4.78 is 2.16. The van der Waals surface area contributed by atoms with Crippen molar-refractivity contribution in [1.29, 1.82) is 0 Å². The second kappa shape index (κ2) is 9.36. The van der Waals surface area contributed by atoms with Crippen molar-refractivity contribution in [1.82, 2.24) is 20.0 Å². The molecule has 1 atom stereocenters. The molecule has 0 bridgehead atoms. The Balaban J connectivity index is 1.85. The third-order valence-corrected chi connectivity index (χ3v) is 6.16. The van der Waals surface area contributed by atoms with Crippen LogP contribution in [0.15, 0.2) is 25.3 Å². The van der Waals surface area contributed by atoms with Gasteiger partial charge in [0, 0.05) is 44.0 Å². The van der Waals surface area contributed by atoms with Crippen LogP contribution < -0.4 is 5.32 Å². The van der Waals surface area contributed by atoms with Gasteiger partial charge in [0.05, 0.1) is 0 Å². The third kappa shape index (κ3) is 4.52. The maximum atomic E-state index is 12.5. The van der Waals surface area contributed by atoms with E-state index >= 15 is 0 Å². The van der Waals surface area contributed by atoms with Crippen LogP contribution in [0.3, 0.4) is 0 Å². The number of nitrogens with one attached hydrogen (secondary N) is 1. The number of amides is 1. The van der Waals surface area contributed by atoms with Gasteiger partial charge >= 0.3 is 0 Å². The second-order valence-electron chi connectivity index (χ2n) is 7.97. The zero-order chi connectivity index (χ0) is 19.2. The zero-order valence-electron chi connectivity index (χ0n) is 16.8. The van der Waals surface area contributed by atoms with Crippen LogP contribution in [0.1, 0.15) is 60.3 Å². The molecule has 0 spiro atoms. The van der Waals surface area contributed by atoms with Gasteiger partial charge in [0.2, 0.25) is 0 Å². The molecule has 0 saturated heterocycles. The van der Waals surface area contributed by atoms with E-state index in [4.69, 9.17) is 5.10 Å². The zero-order valence-corrected chi connectivity index (χ0v) is 16.8. The minimum absolute atomic E-state index is 0.0618. The van der Waals surface area contributed by atoms with Gasteiger partial charge in [-0.15, -0.1) is 13.2 Å². The van der Waals surface area contributed by atoms with Gasteiger partial charge in [0.1, 0.15) is 0 Å². The Morgan fingerprint density at radius 2 is 1.93 bits per heavy atom. The van der Waals surface area contributed by atoms with Gasteiger partial charge in [0.15, 0.2) is 5.69 Å². The number of hydrogen-bond donors (Lipinski definition) is 1. The lowest BCUT2D eigenvalue weighted by Gasteiger charge is -2.33. The van der Waals surface area contributed by atoms with E-state index in [0.717, 1.165) is 44.5 Å². The van der Waals surface area contributed by atoms with Gasteiger partial charge in [-0.2, -0.15) is 5.10 Å². The molecule has 27 heavy (non-hydrogen) atoms. The van der Waals surface area contributed by atoms with Crippen molar-refractivity contribution < 1.29 is 4.79 Å². The number of carbonyl (C=O) groups is 1. The fraction of sp³-hybridized carbons (Fsp3) is 0.636. The maximum absolute atomic E-state index is 12.5. The van der Waals surface area contributed by atoms with Crippen LogP contribution in [0.2, 0.25) is 0 Å². The molecule has 0 aromatic carbocycles. The molecule has 1 fully saturated rings. The van der Waals surface area contributed by atoms with Crippen LogP contribution in [0.5, 0.6) is 0 Å². The molecular weight excluding hydrogens is 336 g/mol. The predicted molar refractivity (Wildman–Crippen MR) is 110 cm³/mol. The Bertz CT molecular complexity index is 662. The monoisotopic (exact) mass is 370 g/mol. The molecule has 3 rings (SSSR count). The van der Waals surface area contributed by atoms with Crippen molar-refractivity contribution in [2.24, 2.45) is 5.92 Å². The lowest BCUT2D eigenvalue weighted by Crippen LogP contribution is -2.40. The Morgan fingerprint density at radius 1 is 1.22 bits per heavy atom. The average Bonchev–Trinajstić information content (AvgIpc) is 3.05. The van der Waals surface area contributed by atoms with E-state index in [9.17, 15) is 4.79 Å². The largest absolute Gasteiger partial charge is 0.354 e. The van der Waals surface area contributed by atoms with E-state index in [1.807, 2.05) is 12.2 Å². The van der Waals surface area contributed by atoms with E-state index in [2.05, 4.69) is 28.1 Å². The first-order valence-corrected chi connectivity index (χ1v) is 10.4. The Morgan fingerprint density at radius 3 is 2.56 bits per heavy atom. The first kappa shape index (κ1) is 19.9. The first-order valence-electron chi connectivity index (χ1n) is 10.4. The van der Waals surface area contributed by atoms with Crippen LogP contribution in [-0.2, 0) is 19.4 Å². The van der Waals surface area contributed by atoms with Crippen LogP contribution in [0.25, 0.3) is 0 Å². The number of fused-ring (bicyclic) bond motifs is 1. The van der Waals surface area contributed by atoms with Gasteiger partial charge in [-0.1, -0.05) is 31.4 Å². The molecule has 1 N–H and O–H groups in total. The molecule has 1 aromatic rings. The van der Waals surface area contributed by atoms with E-state index in [1.165, 1.54) is 37.8 Å². The summed E-state index contributed by atoms with van der Waals surface area (Å²) in [6.07, 6.45) is 13.5. The van der Waals surface area contributed by atoms with Gasteiger partial charge in [-0.25, -0.2) is 0 Å². The normalized spacial score (nSPS) is 20.3. The summed E-state index contributed by atoms with van der Waals surface area (Å²) in [6, 6.07) is 0.407. The van der Waals surface area contributed by atoms with Crippen LogP contribution >= 0.6 is 0 Å².